The zero-order chi connectivity index (χ0) is 14.0. The Hall–Kier alpha value is -1.26. The molecule has 0 fully saturated rings. The van der Waals surface area contributed by atoms with Crippen LogP contribution < -0.4 is 0 Å². The molecule has 0 radical (unpaired) electrons. The Morgan fingerprint density at radius 1 is 1.21 bits per heavy atom. The van der Waals surface area contributed by atoms with Crippen molar-refractivity contribution in [2.45, 2.75) is 6.42 Å². The van der Waals surface area contributed by atoms with Gasteiger partial charge in [0.25, 0.3) is 0 Å². The highest BCUT2D eigenvalue weighted by molar-refractivity contribution is 9.10. The van der Waals surface area contributed by atoms with Crippen LogP contribution in [0.1, 0.15) is 15.9 Å². The Morgan fingerprint density at radius 3 is 2.58 bits per heavy atom. The number of rotatable bonds is 3. The molecule has 0 heterocycles. The van der Waals surface area contributed by atoms with Gasteiger partial charge < -0.3 is 0 Å². The van der Waals surface area contributed by atoms with Gasteiger partial charge in [0, 0.05) is 15.9 Å². The first-order chi connectivity index (χ1) is 8.99. The van der Waals surface area contributed by atoms with E-state index in [0.717, 1.165) is 6.07 Å². The van der Waals surface area contributed by atoms with Crippen LogP contribution in [0.3, 0.4) is 0 Å². The lowest BCUT2D eigenvalue weighted by atomic mass is 10.0. The number of hydrogen-bond donors (Lipinski definition) is 0. The van der Waals surface area contributed by atoms with Crippen LogP contribution in [0.5, 0.6) is 0 Å². The average molecular weight is 346 g/mol. The van der Waals surface area contributed by atoms with E-state index in [-0.39, 0.29) is 17.0 Å². The van der Waals surface area contributed by atoms with Crippen molar-refractivity contribution in [3.05, 3.63) is 68.7 Å². The molecule has 19 heavy (non-hydrogen) atoms. The van der Waals surface area contributed by atoms with Crippen LogP contribution in [0.4, 0.5) is 8.78 Å². The molecule has 0 saturated carbocycles. The van der Waals surface area contributed by atoms with Gasteiger partial charge in [-0.15, -0.1) is 0 Å². The van der Waals surface area contributed by atoms with Gasteiger partial charge in [-0.25, -0.2) is 8.78 Å². The Kier molecular flexibility index (Phi) is 4.32. The molecule has 0 unspecified atom stereocenters. The van der Waals surface area contributed by atoms with Crippen molar-refractivity contribution in [1.29, 1.82) is 0 Å². The van der Waals surface area contributed by atoms with Gasteiger partial charge in [-0.3, -0.25) is 4.79 Å². The van der Waals surface area contributed by atoms with Crippen LogP contribution >= 0.6 is 27.5 Å². The summed E-state index contributed by atoms with van der Waals surface area (Å²) in [5, 5.41) is 0.154. The van der Waals surface area contributed by atoms with Crippen LogP contribution in [0.2, 0.25) is 5.02 Å². The van der Waals surface area contributed by atoms with Gasteiger partial charge in [-0.2, -0.15) is 0 Å². The van der Waals surface area contributed by atoms with E-state index in [1.165, 1.54) is 24.3 Å². The molecular weight excluding hydrogens is 338 g/mol. The second-order valence-corrected chi connectivity index (χ2v) is 5.19. The molecule has 0 aliphatic rings. The van der Waals surface area contributed by atoms with Crippen molar-refractivity contribution in [3.8, 4) is 0 Å². The van der Waals surface area contributed by atoms with Gasteiger partial charge >= 0.3 is 0 Å². The first kappa shape index (κ1) is 14.2. The van der Waals surface area contributed by atoms with Crippen LogP contribution in [0.25, 0.3) is 0 Å². The van der Waals surface area contributed by atoms with Crippen molar-refractivity contribution >= 4 is 33.3 Å². The van der Waals surface area contributed by atoms with Crippen molar-refractivity contribution in [2.75, 3.05) is 0 Å². The maximum atomic E-state index is 13.6. The molecule has 0 atom stereocenters. The van der Waals surface area contributed by atoms with Gasteiger partial charge in [0.1, 0.15) is 11.6 Å². The fourth-order valence-electron chi connectivity index (χ4n) is 1.69. The highest BCUT2D eigenvalue weighted by atomic mass is 79.9. The second-order valence-electron chi connectivity index (χ2n) is 3.93. The number of carbonyl (C=O) groups is 1. The molecule has 0 aliphatic carbocycles. The molecule has 5 heteroatoms. The van der Waals surface area contributed by atoms with Gasteiger partial charge in [0.05, 0.1) is 5.56 Å². The van der Waals surface area contributed by atoms with E-state index in [2.05, 4.69) is 15.9 Å². The molecule has 2 aromatic carbocycles. The number of benzene rings is 2. The Balaban J connectivity index is 2.31. The summed E-state index contributed by atoms with van der Waals surface area (Å²) in [6.07, 6.45) is -0.0847. The minimum Gasteiger partial charge on any atom is -0.294 e. The molecule has 0 saturated heterocycles. The minimum atomic E-state index is -0.599. The molecule has 0 bridgehead atoms. The third-order valence-electron chi connectivity index (χ3n) is 2.61. The zero-order valence-corrected chi connectivity index (χ0v) is 11.9. The molecule has 0 spiro atoms. The van der Waals surface area contributed by atoms with Crippen LogP contribution in [0.15, 0.2) is 40.9 Å². The van der Waals surface area contributed by atoms with Crippen molar-refractivity contribution in [1.82, 2.24) is 0 Å². The summed E-state index contributed by atoms with van der Waals surface area (Å²) >= 11 is 8.98. The SMILES string of the molecule is O=C(Cc1ccc(F)cc1Cl)c1c(F)cccc1Br. The molecule has 98 valence electrons. The van der Waals surface area contributed by atoms with Crippen molar-refractivity contribution in [3.63, 3.8) is 0 Å². The highest BCUT2D eigenvalue weighted by Gasteiger charge is 2.17. The fraction of sp³-hybridized carbons (Fsp3) is 0.0714. The molecule has 0 aromatic heterocycles. The van der Waals surface area contributed by atoms with E-state index < -0.39 is 17.4 Å². The highest BCUT2D eigenvalue weighted by Crippen LogP contribution is 2.24. The number of carbonyl (C=O) groups excluding carboxylic acids is 1. The van der Waals surface area contributed by atoms with E-state index in [1.54, 1.807) is 6.07 Å². The maximum absolute atomic E-state index is 13.6. The summed E-state index contributed by atoms with van der Waals surface area (Å²) in [7, 11) is 0. The van der Waals surface area contributed by atoms with Crippen molar-refractivity contribution in [2.24, 2.45) is 0 Å². The second kappa shape index (κ2) is 5.80. The van der Waals surface area contributed by atoms with E-state index in [4.69, 9.17) is 11.6 Å². The molecule has 2 aromatic rings. The third-order valence-corrected chi connectivity index (χ3v) is 3.62. The molecule has 0 N–H and O–H groups in total. The van der Waals surface area contributed by atoms with E-state index >= 15 is 0 Å². The Labute approximate surface area is 122 Å². The summed E-state index contributed by atoms with van der Waals surface area (Å²) in [4.78, 5) is 12.1. The average Bonchev–Trinajstić information content (AvgIpc) is 2.32. The monoisotopic (exact) mass is 344 g/mol. The lowest BCUT2D eigenvalue weighted by molar-refractivity contribution is 0.0988. The minimum absolute atomic E-state index is 0.0251. The number of halogens is 4. The maximum Gasteiger partial charge on any atom is 0.171 e. The quantitative estimate of drug-likeness (QED) is 0.730. The van der Waals surface area contributed by atoms with Gasteiger partial charge in [-0.05, 0) is 45.8 Å². The number of ketones is 1. The molecule has 0 amide bonds. The van der Waals surface area contributed by atoms with Gasteiger partial charge in [-0.1, -0.05) is 23.7 Å². The number of hydrogen-bond acceptors (Lipinski definition) is 1. The van der Waals surface area contributed by atoms with Crippen LogP contribution in [0, 0.1) is 11.6 Å². The predicted octanol–water partition coefficient (Wildman–Crippen LogP) is 4.81. The summed E-state index contributed by atoms with van der Waals surface area (Å²) in [5.74, 6) is -1.50. The van der Waals surface area contributed by atoms with E-state index in [1.807, 2.05) is 0 Å². The largest absolute Gasteiger partial charge is 0.294 e. The normalized spacial score (nSPS) is 10.5. The summed E-state index contributed by atoms with van der Waals surface area (Å²) in [6, 6.07) is 8.06. The smallest absolute Gasteiger partial charge is 0.171 e. The summed E-state index contributed by atoms with van der Waals surface area (Å²) < 4.78 is 26.9. The molecule has 1 nitrogen and oxygen atoms in total. The van der Waals surface area contributed by atoms with Crippen LogP contribution in [-0.4, -0.2) is 5.78 Å². The van der Waals surface area contributed by atoms with Crippen molar-refractivity contribution < 1.29 is 13.6 Å². The molecular formula is C14H8BrClF2O. The van der Waals surface area contributed by atoms with Gasteiger partial charge in [0.2, 0.25) is 0 Å². The van der Waals surface area contributed by atoms with Crippen LogP contribution in [-0.2, 0) is 6.42 Å². The third kappa shape index (κ3) is 3.19. The first-order valence-corrected chi connectivity index (χ1v) is 6.57. The molecule has 0 aliphatic heterocycles. The lowest BCUT2D eigenvalue weighted by Crippen LogP contribution is -2.07. The zero-order valence-electron chi connectivity index (χ0n) is 9.59. The topological polar surface area (TPSA) is 17.1 Å². The van der Waals surface area contributed by atoms with E-state index in [9.17, 15) is 13.6 Å². The Morgan fingerprint density at radius 2 is 1.95 bits per heavy atom. The lowest BCUT2D eigenvalue weighted by Gasteiger charge is -2.07. The summed E-state index contributed by atoms with van der Waals surface area (Å²) in [6.45, 7) is 0. The molecule has 2 rings (SSSR count). The first-order valence-electron chi connectivity index (χ1n) is 5.40. The summed E-state index contributed by atoms with van der Waals surface area (Å²) in [5.41, 5.74) is 0.436. The standard InChI is InChI=1S/C14H8BrClF2O/c15-10-2-1-3-12(18)14(10)13(19)6-8-4-5-9(17)7-11(8)16/h1-5,7H,6H2. The number of Topliss-reactive ketones (excluding diaryl/α,β-unsaturated/α-hetero) is 1. The van der Waals surface area contributed by atoms with Gasteiger partial charge in [0.15, 0.2) is 5.78 Å². The Bertz CT molecular complexity index is 623. The van der Waals surface area contributed by atoms with E-state index in [0.29, 0.717) is 10.0 Å². The fourth-order valence-corrected chi connectivity index (χ4v) is 2.49. The predicted molar refractivity (Wildman–Crippen MR) is 73.5 cm³/mol.